The summed E-state index contributed by atoms with van der Waals surface area (Å²) in [6.07, 6.45) is 1.99. The van der Waals surface area contributed by atoms with Crippen LogP contribution in [0.15, 0.2) is 24.3 Å². The molecule has 1 aromatic rings. The minimum absolute atomic E-state index is 0.0170. The molecule has 22 heavy (non-hydrogen) atoms. The van der Waals surface area contributed by atoms with Gasteiger partial charge in [0.1, 0.15) is 0 Å². The Bertz CT molecular complexity index is 488. The molecule has 1 atom stereocenters. The Kier molecular flexibility index (Phi) is 7.96. The van der Waals surface area contributed by atoms with Crippen molar-refractivity contribution in [3.8, 4) is 0 Å². The minimum atomic E-state index is -0.0245. The van der Waals surface area contributed by atoms with Crippen LogP contribution in [-0.2, 0) is 16.0 Å². The van der Waals surface area contributed by atoms with Gasteiger partial charge in [0.2, 0.25) is 11.8 Å². The Morgan fingerprint density at radius 3 is 2.45 bits per heavy atom. The van der Waals surface area contributed by atoms with E-state index in [0.717, 1.165) is 18.4 Å². The first-order chi connectivity index (χ1) is 10.4. The van der Waals surface area contributed by atoms with Gasteiger partial charge in [-0.05, 0) is 37.5 Å². The number of carbonyl (C=O) groups is 2. The fourth-order valence-electron chi connectivity index (χ4n) is 2.22. The molecule has 0 fully saturated rings. The molecule has 4 nitrogen and oxygen atoms in total. The quantitative estimate of drug-likeness (QED) is 0.799. The third-order valence-corrected chi connectivity index (χ3v) is 4.01. The molecule has 1 unspecified atom stereocenters. The van der Waals surface area contributed by atoms with Crippen molar-refractivity contribution >= 4 is 23.4 Å². The number of nitrogens with one attached hydrogen (secondary N) is 1. The van der Waals surface area contributed by atoms with Gasteiger partial charge in [0.05, 0.1) is 0 Å². The molecule has 1 aromatic carbocycles. The molecule has 1 rings (SSSR count). The summed E-state index contributed by atoms with van der Waals surface area (Å²) in [5, 5.41) is 3.60. The Morgan fingerprint density at radius 2 is 1.91 bits per heavy atom. The van der Waals surface area contributed by atoms with Crippen LogP contribution >= 0.6 is 11.6 Å². The maximum Gasteiger partial charge on any atom is 0.221 e. The van der Waals surface area contributed by atoms with E-state index in [-0.39, 0.29) is 17.9 Å². The Hall–Kier alpha value is -1.55. The lowest BCUT2D eigenvalue weighted by atomic mass is 10.1. The summed E-state index contributed by atoms with van der Waals surface area (Å²) in [7, 11) is 0. The lowest BCUT2D eigenvalue weighted by molar-refractivity contribution is -0.131. The Balaban J connectivity index is 2.30. The van der Waals surface area contributed by atoms with E-state index in [1.54, 1.807) is 11.8 Å². The standard InChI is InChI=1S/C17H25ClN2O2/c1-4-13(2)20(14(3)21)12-10-17(22)19-11-9-15-5-7-16(18)8-6-15/h5-8,13H,4,9-12H2,1-3H3,(H,19,22). The summed E-state index contributed by atoms with van der Waals surface area (Å²) in [4.78, 5) is 25.2. The third-order valence-electron chi connectivity index (χ3n) is 3.76. The van der Waals surface area contributed by atoms with Crippen molar-refractivity contribution in [2.75, 3.05) is 13.1 Å². The van der Waals surface area contributed by atoms with Crippen LogP contribution in [0.1, 0.15) is 39.2 Å². The number of hydrogen-bond donors (Lipinski definition) is 1. The van der Waals surface area contributed by atoms with E-state index in [1.165, 1.54) is 0 Å². The smallest absolute Gasteiger partial charge is 0.221 e. The third kappa shape index (κ3) is 6.48. The first kappa shape index (κ1) is 18.5. The van der Waals surface area contributed by atoms with Gasteiger partial charge < -0.3 is 10.2 Å². The van der Waals surface area contributed by atoms with E-state index in [2.05, 4.69) is 5.32 Å². The molecule has 0 aromatic heterocycles. The predicted molar refractivity (Wildman–Crippen MR) is 89.9 cm³/mol. The lowest BCUT2D eigenvalue weighted by Gasteiger charge is -2.27. The van der Waals surface area contributed by atoms with Gasteiger partial charge in [0, 0.05) is 37.5 Å². The van der Waals surface area contributed by atoms with E-state index in [4.69, 9.17) is 11.6 Å². The molecule has 0 heterocycles. The van der Waals surface area contributed by atoms with Crippen molar-refractivity contribution in [2.24, 2.45) is 0 Å². The minimum Gasteiger partial charge on any atom is -0.356 e. The largest absolute Gasteiger partial charge is 0.356 e. The van der Waals surface area contributed by atoms with Gasteiger partial charge in [-0.3, -0.25) is 9.59 Å². The summed E-state index contributed by atoms with van der Waals surface area (Å²) < 4.78 is 0. The van der Waals surface area contributed by atoms with Gasteiger partial charge in [-0.25, -0.2) is 0 Å². The number of nitrogens with zero attached hydrogens (tertiary/aromatic N) is 1. The highest BCUT2D eigenvalue weighted by atomic mass is 35.5. The van der Waals surface area contributed by atoms with E-state index in [0.29, 0.717) is 24.5 Å². The molecule has 0 bridgehead atoms. The van der Waals surface area contributed by atoms with Crippen LogP contribution in [0.3, 0.4) is 0 Å². The van der Waals surface area contributed by atoms with Crippen molar-refractivity contribution in [2.45, 2.75) is 46.1 Å². The normalized spacial score (nSPS) is 11.8. The number of amides is 2. The highest BCUT2D eigenvalue weighted by molar-refractivity contribution is 6.30. The molecule has 1 N–H and O–H groups in total. The summed E-state index contributed by atoms with van der Waals surface area (Å²) in [6.45, 7) is 6.64. The highest BCUT2D eigenvalue weighted by Gasteiger charge is 2.16. The van der Waals surface area contributed by atoms with Gasteiger partial charge in [-0.15, -0.1) is 0 Å². The fourth-order valence-corrected chi connectivity index (χ4v) is 2.34. The van der Waals surface area contributed by atoms with Gasteiger partial charge in [0.15, 0.2) is 0 Å². The van der Waals surface area contributed by atoms with E-state index < -0.39 is 0 Å². The first-order valence-corrected chi connectivity index (χ1v) is 8.10. The first-order valence-electron chi connectivity index (χ1n) is 7.72. The lowest BCUT2D eigenvalue weighted by Crippen LogP contribution is -2.39. The zero-order valence-electron chi connectivity index (χ0n) is 13.6. The molecule has 0 aliphatic carbocycles. The molecule has 0 saturated heterocycles. The monoisotopic (exact) mass is 324 g/mol. The maximum atomic E-state index is 11.9. The van der Waals surface area contributed by atoms with Crippen molar-refractivity contribution in [1.29, 1.82) is 0 Å². The second-order valence-corrected chi connectivity index (χ2v) is 5.88. The number of benzene rings is 1. The van der Waals surface area contributed by atoms with Crippen molar-refractivity contribution in [3.05, 3.63) is 34.9 Å². The van der Waals surface area contributed by atoms with Gasteiger partial charge >= 0.3 is 0 Å². The zero-order valence-corrected chi connectivity index (χ0v) is 14.3. The number of hydrogen-bond acceptors (Lipinski definition) is 2. The van der Waals surface area contributed by atoms with Crippen LogP contribution in [0.5, 0.6) is 0 Å². The molecule has 0 saturated carbocycles. The number of rotatable bonds is 8. The van der Waals surface area contributed by atoms with Crippen LogP contribution in [0, 0.1) is 0 Å². The SMILES string of the molecule is CCC(C)N(CCC(=O)NCCc1ccc(Cl)cc1)C(C)=O. The predicted octanol–water partition coefficient (Wildman–Crippen LogP) is 3.04. The van der Waals surface area contributed by atoms with E-state index in [1.807, 2.05) is 38.1 Å². The number of halogens is 1. The summed E-state index contributed by atoms with van der Waals surface area (Å²) in [5.74, 6) is -0.00756. The topological polar surface area (TPSA) is 49.4 Å². The maximum absolute atomic E-state index is 11.9. The molecule has 0 radical (unpaired) electrons. The van der Waals surface area contributed by atoms with Crippen molar-refractivity contribution in [1.82, 2.24) is 10.2 Å². The average molecular weight is 325 g/mol. The average Bonchev–Trinajstić information content (AvgIpc) is 2.48. The second-order valence-electron chi connectivity index (χ2n) is 5.45. The van der Waals surface area contributed by atoms with E-state index in [9.17, 15) is 9.59 Å². The molecule has 0 aliphatic rings. The van der Waals surface area contributed by atoms with Gasteiger partial charge in [0.25, 0.3) is 0 Å². The number of carbonyl (C=O) groups excluding carboxylic acids is 2. The van der Waals surface area contributed by atoms with Crippen molar-refractivity contribution < 1.29 is 9.59 Å². The summed E-state index contributed by atoms with van der Waals surface area (Å²) in [6, 6.07) is 7.76. The van der Waals surface area contributed by atoms with Crippen molar-refractivity contribution in [3.63, 3.8) is 0 Å². The highest BCUT2D eigenvalue weighted by Crippen LogP contribution is 2.09. The van der Waals surface area contributed by atoms with Crippen LogP contribution < -0.4 is 5.32 Å². The zero-order chi connectivity index (χ0) is 16.5. The fraction of sp³-hybridized carbons (Fsp3) is 0.529. The second kappa shape index (κ2) is 9.46. The Morgan fingerprint density at radius 1 is 1.27 bits per heavy atom. The van der Waals surface area contributed by atoms with Crippen LogP contribution in [0.25, 0.3) is 0 Å². The molecule has 0 aliphatic heterocycles. The van der Waals surface area contributed by atoms with Gasteiger partial charge in [-0.2, -0.15) is 0 Å². The summed E-state index contributed by atoms with van der Waals surface area (Å²) in [5.41, 5.74) is 1.13. The van der Waals surface area contributed by atoms with Crippen LogP contribution in [-0.4, -0.2) is 35.8 Å². The van der Waals surface area contributed by atoms with Gasteiger partial charge in [-0.1, -0.05) is 30.7 Å². The summed E-state index contributed by atoms with van der Waals surface area (Å²) >= 11 is 5.83. The van der Waals surface area contributed by atoms with Crippen LogP contribution in [0.2, 0.25) is 5.02 Å². The molecule has 0 spiro atoms. The molecule has 122 valence electrons. The molecule has 5 heteroatoms. The molecule has 2 amide bonds. The van der Waals surface area contributed by atoms with Crippen LogP contribution in [0.4, 0.5) is 0 Å². The molecular weight excluding hydrogens is 300 g/mol. The Labute approximate surface area is 137 Å². The van der Waals surface area contributed by atoms with E-state index >= 15 is 0 Å². The molecular formula is C17H25ClN2O2.